The Morgan fingerprint density at radius 1 is 1.15 bits per heavy atom. The van der Waals surface area contributed by atoms with Crippen LogP contribution in [0.2, 0.25) is 0 Å². The zero-order valence-electron chi connectivity index (χ0n) is 15.9. The van der Waals surface area contributed by atoms with Crippen molar-refractivity contribution in [2.24, 2.45) is 11.7 Å². The molecule has 11 heteroatoms. The second kappa shape index (κ2) is 13.7. The summed E-state index contributed by atoms with van der Waals surface area (Å²) >= 11 is 5.38. The number of hydrogen-bond donors (Lipinski definition) is 6. The summed E-state index contributed by atoms with van der Waals surface area (Å²) in [4.78, 5) is 47.3. The van der Waals surface area contributed by atoms with E-state index in [0.717, 1.165) is 6.42 Å². The van der Waals surface area contributed by atoms with Gasteiger partial charge in [0.05, 0.1) is 12.6 Å². The minimum absolute atomic E-state index is 0.0256. The first kappa shape index (κ1) is 25.5. The van der Waals surface area contributed by atoms with Gasteiger partial charge in [0.15, 0.2) is 0 Å². The topological polar surface area (TPSA) is 151 Å². The van der Waals surface area contributed by atoms with Crippen molar-refractivity contribution in [3.05, 3.63) is 0 Å². The van der Waals surface area contributed by atoms with Gasteiger partial charge in [0, 0.05) is 5.75 Å². The van der Waals surface area contributed by atoms with Gasteiger partial charge >= 0.3 is 5.97 Å². The van der Waals surface area contributed by atoms with Gasteiger partial charge in [0.25, 0.3) is 0 Å². The fraction of sp³-hybridized carbons (Fsp3) is 0.750. The predicted octanol–water partition coefficient (Wildman–Crippen LogP) is -0.787. The van der Waals surface area contributed by atoms with E-state index in [2.05, 4.69) is 28.6 Å². The molecule has 9 nitrogen and oxygen atoms in total. The van der Waals surface area contributed by atoms with Gasteiger partial charge in [0.2, 0.25) is 17.7 Å². The molecule has 0 aromatic rings. The Kier molecular flexibility index (Phi) is 12.9. The molecule has 0 aromatic carbocycles. The maximum Gasteiger partial charge on any atom is 0.327 e. The molecule has 6 N–H and O–H groups in total. The molecule has 0 aliphatic rings. The van der Waals surface area contributed by atoms with Gasteiger partial charge in [-0.3, -0.25) is 14.4 Å². The molecule has 4 unspecified atom stereocenters. The fourth-order valence-corrected chi connectivity index (χ4v) is 2.72. The molecule has 3 amide bonds. The van der Waals surface area contributed by atoms with Crippen LogP contribution in [0.25, 0.3) is 0 Å². The number of thiol groups is 1. The molecule has 0 aromatic heterocycles. The quantitative estimate of drug-likeness (QED) is 0.213. The monoisotopic (exact) mass is 422 g/mol. The van der Waals surface area contributed by atoms with Crippen LogP contribution in [0.4, 0.5) is 0 Å². The minimum Gasteiger partial charge on any atom is -0.480 e. The summed E-state index contributed by atoms with van der Waals surface area (Å²) in [5.74, 6) is -2.33. The molecule has 0 bridgehead atoms. The van der Waals surface area contributed by atoms with Crippen LogP contribution in [0.3, 0.4) is 0 Å². The number of hydrogen-bond acceptors (Lipinski definition) is 7. The van der Waals surface area contributed by atoms with Crippen molar-refractivity contribution in [1.82, 2.24) is 16.0 Å². The summed E-state index contributed by atoms with van der Waals surface area (Å²) in [6.07, 6.45) is 2.90. The first-order valence-corrected chi connectivity index (χ1v) is 10.7. The number of thioether (sulfide) groups is 1. The Balaban J connectivity index is 4.74. The number of carboxylic acids is 1. The highest BCUT2D eigenvalue weighted by Gasteiger charge is 2.26. The molecule has 27 heavy (non-hydrogen) atoms. The lowest BCUT2D eigenvalue weighted by molar-refractivity contribution is -0.141. The molecule has 0 radical (unpaired) electrons. The van der Waals surface area contributed by atoms with E-state index in [1.54, 1.807) is 0 Å². The van der Waals surface area contributed by atoms with E-state index >= 15 is 0 Å². The van der Waals surface area contributed by atoms with Gasteiger partial charge in [-0.1, -0.05) is 20.3 Å². The first-order chi connectivity index (χ1) is 12.7. The molecule has 0 fully saturated rings. The van der Waals surface area contributed by atoms with Gasteiger partial charge in [-0.2, -0.15) is 24.4 Å². The molecule has 0 saturated carbocycles. The van der Waals surface area contributed by atoms with E-state index < -0.39 is 41.8 Å². The van der Waals surface area contributed by atoms with Crippen LogP contribution in [-0.2, 0) is 19.2 Å². The van der Waals surface area contributed by atoms with Crippen LogP contribution in [0.5, 0.6) is 0 Å². The van der Waals surface area contributed by atoms with E-state index in [9.17, 15) is 19.2 Å². The SMILES string of the molecule is CCC(C)C(N)C(=O)NCC(=O)NC(CCSC)C(=O)NC(CS)C(=O)O. The average Bonchev–Trinajstić information content (AvgIpc) is 2.65. The Morgan fingerprint density at radius 2 is 1.78 bits per heavy atom. The van der Waals surface area contributed by atoms with Gasteiger partial charge in [-0.15, -0.1) is 0 Å². The van der Waals surface area contributed by atoms with Gasteiger partial charge in [-0.25, -0.2) is 4.79 Å². The average molecular weight is 423 g/mol. The summed E-state index contributed by atoms with van der Waals surface area (Å²) in [7, 11) is 0. The second-order valence-corrected chi connectivity index (χ2v) is 7.46. The van der Waals surface area contributed by atoms with Crippen molar-refractivity contribution < 1.29 is 24.3 Å². The minimum atomic E-state index is -1.21. The molecule has 0 aliphatic carbocycles. The predicted molar refractivity (Wildman–Crippen MR) is 109 cm³/mol. The van der Waals surface area contributed by atoms with Crippen molar-refractivity contribution >= 4 is 48.1 Å². The summed E-state index contributed by atoms with van der Waals surface area (Å²) < 4.78 is 0. The summed E-state index contributed by atoms with van der Waals surface area (Å²) in [5, 5.41) is 16.3. The highest BCUT2D eigenvalue weighted by molar-refractivity contribution is 7.98. The van der Waals surface area contributed by atoms with E-state index in [1.165, 1.54) is 11.8 Å². The van der Waals surface area contributed by atoms with Gasteiger partial charge in [0.1, 0.15) is 12.1 Å². The summed E-state index contributed by atoms with van der Waals surface area (Å²) in [6, 6.07) is -2.78. The van der Waals surface area contributed by atoms with Crippen molar-refractivity contribution in [2.45, 2.75) is 44.8 Å². The van der Waals surface area contributed by atoms with Crippen molar-refractivity contribution in [2.75, 3.05) is 24.3 Å². The molecule has 0 rings (SSSR count). The van der Waals surface area contributed by atoms with Crippen LogP contribution in [0.1, 0.15) is 26.7 Å². The number of rotatable bonds is 13. The van der Waals surface area contributed by atoms with Crippen LogP contribution < -0.4 is 21.7 Å². The van der Waals surface area contributed by atoms with Gasteiger partial charge in [-0.05, 0) is 24.3 Å². The number of carbonyl (C=O) groups is 4. The molecule has 0 heterocycles. The lowest BCUT2D eigenvalue weighted by Crippen LogP contribution is -2.54. The van der Waals surface area contributed by atoms with Crippen molar-refractivity contribution in [3.8, 4) is 0 Å². The van der Waals surface area contributed by atoms with Crippen LogP contribution in [-0.4, -0.2) is 71.2 Å². The van der Waals surface area contributed by atoms with E-state index in [4.69, 9.17) is 10.8 Å². The highest BCUT2D eigenvalue weighted by Crippen LogP contribution is 2.05. The maximum absolute atomic E-state index is 12.3. The molecule has 0 spiro atoms. The van der Waals surface area contributed by atoms with Crippen molar-refractivity contribution in [3.63, 3.8) is 0 Å². The Hall–Kier alpha value is -1.46. The summed E-state index contributed by atoms with van der Waals surface area (Å²) in [5.41, 5.74) is 5.80. The number of amides is 3. The zero-order valence-corrected chi connectivity index (χ0v) is 17.6. The number of carbonyl (C=O) groups excluding carboxylic acids is 3. The van der Waals surface area contributed by atoms with Crippen LogP contribution in [0, 0.1) is 5.92 Å². The highest BCUT2D eigenvalue weighted by atomic mass is 32.2. The third-order valence-corrected chi connectivity index (χ3v) is 5.05. The standard InChI is InChI=1S/C16H30N4O5S2/c1-4-9(2)13(17)15(23)18-7-12(21)19-10(5-6-27-3)14(22)20-11(8-26)16(24)25/h9-11,13,26H,4-8,17H2,1-3H3,(H,18,23)(H,19,21)(H,20,22)(H,24,25). The molecule has 0 aliphatic heterocycles. The Morgan fingerprint density at radius 3 is 2.26 bits per heavy atom. The van der Waals surface area contributed by atoms with Gasteiger partial charge < -0.3 is 26.8 Å². The van der Waals surface area contributed by atoms with E-state index in [-0.39, 0.29) is 18.2 Å². The second-order valence-electron chi connectivity index (χ2n) is 6.11. The number of aliphatic carboxylic acids is 1. The molecule has 156 valence electrons. The van der Waals surface area contributed by atoms with Crippen molar-refractivity contribution in [1.29, 1.82) is 0 Å². The van der Waals surface area contributed by atoms with E-state index in [0.29, 0.717) is 12.2 Å². The fourth-order valence-electron chi connectivity index (χ4n) is 2.01. The zero-order chi connectivity index (χ0) is 21.0. The molecule has 4 atom stereocenters. The van der Waals surface area contributed by atoms with E-state index in [1.807, 2.05) is 20.1 Å². The third-order valence-electron chi connectivity index (χ3n) is 4.04. The molecule has 0 saturated heterocycles. The smallest absolute Gasteiger partial charge is 0.327 e. The lowest BCUT2D eigenvalue weighted by atomic mass is 9.99. The van der Waals surface area contributed by atoms with Crippen LogP contribution >= 0.6 is 24.4 Å². The maximum atomic E-state index is 12.3. The third kappa shape index (κ3) is 9.87. The Labute approximate surface area is 169 Å². The lowest BCUT2D eigenvalue weighted by Gasteiger charge is -2.21. The first-order valence-electron chi connectivity index (χ1n) is 8.63. The molecular formula is C16H30N4O5S2. The number of nitrogens with one attached hydrogen (secondary N) is 3. The Bertz CT molecular complexity index is 521. The number of nitrogens with two attached hydrogens (primary N) is 1. The summed E-state index contributed by atoms with van der Waals surface area (Å²) in [6.45, 7) is 3.43. The largest absolute Gasteiger partial charge is 0.480 e. The number of carboxylic acid groups (broad SMARTS) is 1. The normalized spacial score (nSPS) is 15.1. The molecular weight excluding hydrogens is 392 g/mol. The van der Waals surface area contributed by atoms with Crippen LogP contribution in [0.15, 0.2) is 0 Å².